The molecule has 16 heavy (non-hydrogen) atoms. The summed E-state index contributed by atoms with van der Waals surface area (Å²) in [7, 11) is 0. The van der Waals surface area contributed by atoms with Crippen molar-refractivity contribution in [3.63, 3.8) is 0 Å². The van der Waals surface area contributed by atoms with Gasteiger partial charge in [-0.05, 0) is 12.8 Å². The molecule has 0 bridgehead atoms. The third-order valence-electron chi connectivity index (χ3n) is 1.79. The molecule has 0 aromatic carbocycles. The number of aliphatic hydroxyl groups excluding tert-OH is 2. The normalized spacial score (nSPS) is 13.3. The van der Waals surface area contributed by atoms with E-state index in [0.29, 0.717) is 13.2 Å². The maximum atomic E-state index is 9.07. The van der Waals surface area contributed by atoms with Gasteiger partial charge in [-0.25, -0.2) is 0 Å². The highest BCUT2D eigenvalue weighted by atomic mass is 16.7. The molecular weight excluding hydrogens is 212 g/mol. The average molecular weight is 236 g/mol. The molecule has 0 spiro atoms. The fourth-order valence-electron chi connectivity index (χ4n) is 0.996. The second-order valence-electron chi connectivity index (χ2n) is 3.54. The number of aliphatic hydroxyl groups is 2. The van der Waals surface area contributed by atoms with Crippen molar-refractivity contribution < 1.29 is 24.4 Å². The summed E-state index contributed by atoms with van der Waals surface area (Å²) in [6.45, 7) is 5.37. The second-order valence-corrected chi connectivity index (χ2v) is 3.54. The lowest BCUT2D eigenvalue weighted by Gasteiger charge is -2.18. The Morgan fingerprint density at radius 3 is 2.00 bits per heavy atom. The summed E-state index contributed by atoms with van der Waals surface area (Å²) in [5.74, 6) is 0. The van der Waals surface area contributed by atoms with E-state index in [0.717, 1.165) is 12.8 Å². The van der Waals surface area contributed by atoms with Gasteiger partial charge in [-0.15, -0.1) is 0 Å². The maximum absolute atomic E-state index is 9.07. The van der Waals surface area contributed by atoms with Crippen molar-refractivity contribution in [2.24, 2.45) is 0 Å². The molecule has 0 saturated heterocycles. The van der Waals surface area contributed by atoms with Gasteiger partial charge in [0.1, 0.15) is 6.10 Å². The zero-order chi connectivity index (χ0) is 12.2. The van der Waals surface area contributed by atoms with Crippen LogP contribution in [0.1, 0.15) is 26.7 Å². The lowest BCUT2D eigenvalue weighted by molar-refractivity contribution is -0.177. The third-order valence-corrected chi connectivity index (χ3v) is 1.79. The van der Waals surface area contributed by atoms with Crippen molar-refractivity contribution in [3.8, 4) is 0 Å². The Hall–Kier alpha value is -0.200. The van der Waals surface area contributed by atoms with Crippen LogP contribution in [0, 0.1) is 0 Å². The molecule has 5 heteroatoms. The maximum Gasteiger partial charge on any atom is 0.180 e. The van der Waals surface area contributed by atoms with Gasteiger partial charge in [0.15, 0.2) is 6.29 Å². The van der Waals surface area contributed by atoms with Gasteiger partial charge < -0.3 is 24.4 Å². The van der Waals surface area contributed by atoms with Crippen LogP contribution in [-0.4, -0.2) is 55.6 Å². The van der Waals surface area contributed by atoms with Gasteiger partial charge in [0.2, 0.25) is 0 Å². The van der Waals surface area contributed by atoms with Crippen molar-refractivity contribution in [1.82, 2.24) is 0 Å². The fourth-order valence-corrected chi connectivity index (χ4v) is 0.996. The van der Waals surface area contributed by atoms with Crippen molar-refractivity contribution in [3.05, 3.63) is 0 Å². The molecule has 1 unspecified atom stereocenters. The third kappa shape index (κ3) is 9.06. The van der Waals surface area contributed by atoms with Crippen molar-refractivity contribution in [1.29, 1.82) is 0 Å². The highest BCUT2D eigenvalue weighted by Gasteiger charge is 2.10. The quantitative estimate of drug-likeness (QED) is 0.512. The van der Waals surface area contributed by atoms with E-state index in [2.05, 4.69) is 0 Å². The molecule has 0 aromatic rings. The Morgan fingerprint density at radius 2 is 1.56 bits per heavy atom. The average Bonchev–Trinajstić information content (AvgIpc) is 2.31. The molecule has 0 aliphatic carbocycles. The van der Waals surface area contributed by atoms with Crippen LogP contribution in [-0.2, 0) is 14.2 Å². The van der Waals surface area contributed by atoms with Crippen LogP contribution in [0.5, 0.6) is 0 Å². The molecule has 0 aliphatic rings. The Labute approximate surface area is 97.3 Å². The molecule has 0 rings (SSSR count). The van der Waals surface area contributed by atoms with E-state index in [4.69, 9.17) is 24.4 Å². The van der Waals surface area contributed by atoms with E-state index in [1.165, 1.54) is 0 Å². The van der Waals surface area contributed by atoms with Crippen LogP contribution in [0.15, 0.2) is 0 Å². The first-order valence-electron chi connectivity index (χ1n) is 5.84. The van der Waals surface area contributed by atoms with E-state index >= 15 is 0 Å². The van der Waals surface area contributed by atoms with Crippen LogP contribution in [0.4, 0.5) is 0 Å². The first-order chi connectivity index (χ1) is 7.74. The highest BCUT2D eigenvalue weighted by molar-refractivity contribution is 4.50. The van der Waals surface area contributed by atoms with Gasteiger partial charge in [0.25, 0.3) is 0 Å². The molecule has 5 nitrogen and oxygen atoms in total. The van der Waals surface area contributed by atoms with Crippen LogP contribution in [0.3, 0.4) is 0 Å². The largest absolute Gasteiger partial charge is 0.394 e. The number of ether oxygens (including phenoxy) is 3. The molecule has 0 heterocycles. The predicted octanol–water partition coefficient (Wildman–Crippen LogP) is 0.535. The molecule has 98 valence electrons. The summed E-state index contributed by atoms with van der Waals surface area (Å²) in [5, 5.41) is 17.7. The first-order valence-corrected chi connectivity index (χ1v) is 5.84. The van der Waals surface area contributed by atoms with Gasteiger partial charge in [-0.2, -0.15) is 0 Å². The molecule has 0 fully saturated rings. The minimum atomic E-state index is -0.835. The van der Waals surface area contributed by atoms with Crippen molar-refractivity contribution in [2.45, 2.75) is 39.1 Å². The van der Waals surface area contributed by atoms with Crippen molar-refractivity contribution >= 4 is 0 Å². The highest BCUT2D eigenvalue weighted by Crippen LogP contribution is 1.99. The summed E-state index contributed by atoms with van der Waals surface area (Å²) < 4.78 is 16.0. The summed E-state index contributed by atoms with van der Waals surface area (Å²) in [4.78, 5) is 0. The van der Waals surface area contributed by atoms with Gasteiger partial charge in [-0.1, -0.05) is 13.8 Å². The van der Waals surface area contributed by atoms with Crippen LogP contribution < -0.4 is 0 Å². The second kappa shape index (κ2) is 11.3. The minimum absolute atomic E-state index is 0.0952. The Morgan fingerprint density at radius 1 is 1.00 bits per heavy atom. The van der Waals surface area contributed by atoms with Gasteiger partial charge >= 0.3 is 0 Å². The zero-order valence-corrected chi connectivity index (χ0v) is 10.2. The monoisotopic (exact) mass is 236 g/mol. The molecule has 0 amide bonds. The molecular formula is C11H24O5. The first kappa shape index (κ1) is 15.8. The molecule has 0 saturated carbocycles. The van der Waals surface area contributed by atoms with E-state index in [9.17, 15) is 0 Å². The van der Waals surface area contributed by atoms with E-state index < -0.39 is 6.10 Å². The smallest absolute Gasteiger partial charge is 0.180 e. The number of hydrogen-bond acceptors (Lipinski definition) is 5. The van der Waals surface area contributed by atoms with Gasteiger partial charge in [-0.3, -0.25) is 0 Å². The SMILES string of the molecule is CCCOC(COCC(O)CO)OCCC. The van der Waals surface area contributed by atoms with Crippen LogP contribution in [0.25, 0.3) is 0 Å². The fraction of sp³-hybridized carbons (Fsp3) is 1.00. The Balaban J connectivity index is 3.63. The summed E-state index contributed by atoms with van der Waals surface area (Å²) in [5.41, 5.74) is 0. The van der Waals surface area contributed by atoms with E-state index in [1.807, 2.05) is 13.8 Å². The van der Waals surface area contributed by atoms with Crippen LogP contribution in [0.2, 0.25) is 0 Å². The van der Waals surface area contributed by atoms with Gasteiger partial charge in [0, 0.05) is 13.2 Å². The molecule has 0 radical (unpaired) electrons. The number of hydrogen-bond donors (Lipinski definition) is 2. The Bertz CT molecular complexity index is 134. The zero-order valence-electron chi connectivity index (χ0n) is 10.2. The summed E-state index contributed by atoms with van der Waals surface area (Å²) >= 11 is 0. The molecule has 1 atom stereocenters. The Kier molecular flexibility index (Phi) is 11.1. The van der Waals surface area contributed by atoms with Crippen LogP contribution >= 0.6 is 0 Å². The molecule has 2 N–H and O–H groups in total. The molecule has 0 aromatic heterocycles. The topological polar surface area (TPSA) is 68.2 Å². The standard InChI is InChI=1S/C11H24O5/c1-3-5-15-11(16-6-4-2)9-14-8-10(13)7-12/h10-13H,3-9H2,1-2H3. The summed E-state index contributed by atoms with van der Waals surface area (Å²) in [6.07, 6.45) is 0.625. The number of rotatable bonds is 11. The lowest BCUT2D eigenvalue weighted by Crippen LogP contribution is -2.28. The lowest BCUT2D eigenvalue weighted by atomic mass is 10.4. The van der Waals surface area contributed by atoms with E-state index in [1.54, 1.807) is 0 Å². The van der Waals surface area contributed by atoms with Gasteiger partial charge in [0.05, 0.1) is 19.8 Å². The minimum Gasteiger partial charge on any atom is -0.394 e. The van der Waals surface area contributed by atoms with E-state index in [-0.39, 0.29) is 26.1 Å². The predicted molar refractivity (Wildman–Crippen MR) is 60.2 cm³/mol. The molecule has 0 aliphatic heterocycles. The van der Waals surface area contributed by atoms with Crippen molar-refractivity contribution in [2.75, 3.05) is 33.0 Å². The summed E-state index contributed by atoms with van der Waals surface area (Å²) in [6, 6.07) is 0.